The number of carbonyl (C=O) groups excluding carboxylic acids is 3. The molecule has 146 valence electrons. The maximum Gasteiger partial charge on any atom is 0.338 e. The zero-order valence-corrected chi connectivity index (χ0v) is 16.1. The summed E-state index contributed by atoms with van der Waals surface area (Å²) in [6.45, 7) is 4.47. The molecule has 0 aromatic heterocycles. The lowest BCUT2D eigenvalue weighted by molar-refractivity contribution is -0.122. The number of ether oxygens (including phenoxy) is 1. The van der Waals surface area contributed by atoms with Crippen molar-refractivity contribution in [3.05, 3.63) is 59.7 Å². The fourth-order valence-corrected chi connectivity index (χ4v) is 3.34. The van der Waals surface area contributed by atoms with E-state index >= 15 is 0 Å². The SMILES string of the molecule is CCOC(=O)c1ccc(NC(=O)C2CC(=O)N(c3ccccc3CC)C2)cc1. The van der Waals surface area contributed by atoms with E-state index < -0.39 is 11.9 Å². The summed E-state index contributed by atoms with van der Waals surface area (Å²) < 4.78 is 4.95. The molecule has 28 heavy (non-hydrogen) atoms. The standard InChI is InChI=1S/C22H24N2O4/c1-3-15-7-5-6-8-19(15)24-14-17(13-20(24)25)21(26)23-18-11-9-16(10-12-18)22(27)28-4-2/h5-12,17H,3-4,13-14H2,1-2H3,(H,23,26). The Morgan fingerprint density at radius 1 is 1.11 bits per heavy atom. The molecule has 0 aliphatic carbocycles. The number of esters is 1. The van der Waals surface area contributed by atoms with Gasteiger partial charge in [-0.3, -0.25) is 9.59 Å². The maximum absolute atomic E-state index is 12.6. The number of rotatable bonds is 6. The highest BCUT2D eigenvalue weighted by atomic mass is 16.5. The fraction of sp³-hybridized carbons (Fsp3) is 0.318. The Morgan fingerprint density at radius 3 is 2.50 bits per heavy atom. The molecule has 1 heterocycles. The van der Waals surface area contributed by atoms with Crippen LogP contribution in [0.4, 0.5) is 11.4 Å². The lowest BCUT2D eigenvalue weighted by atomic mass is 10.1. The molecule has 1 atom stereocenters. The Labute approximate surface area is 164 Å². The van der Waals surface area contributed by atoms with Crippen LogP contribution in [0.3, 0.4) is 0 Å². The molecule has 1 saturated heterocycles. The van der Waals surface area contributed by atoms with E-state index in [0.29, 0.717) is 24.4 Å². The first-order chi connectivity index (χ1) is 13.5. The summed E-state index contributed by atoms with van der Waals surface area (Å²) in [5.41, 5.74) is 2.98. The van der Waals surface area contributed by atoms with Crippen molar-refractivity contribution in [2.75, 3.05) is 23.4 Å². The van der Waals surface area contributed by atoms with Crippen LogP contribution < -0.4 is 10.2 Å². The molecule has 0 spiro atoms. The van der Waals surface area contributed by atoms with Gasteiger partial charge in [0.2, 0.25) is 11.8 Å². The van der Waals surface area contributed by atoms with E-state index in [0.717, 1.165) is 17.7 Å². The summed E-state index contributed by atoms with van der Waals surface area (Å²) in [6.07, 6.45) is 1.01. The molecular weight excluding hydrogens is 356 g/mol. The van der Waals surface area contributed by atoms with E-state index in [9.17, 15) is 14.4 Å². The van der Waals surface area contributed by atoms with Crippen molar-refractivity contribution < 1.29 is 19.1 Å². The second-order valence-corrected chi connectivity index (χ2v) is 6.67. The first-order valence-corrected chi connectivity index (χ1v) is 9.49. The summed E-state index contributed by atoms with van der Waals surface area (Å²) in [4.78, 5) is 38.5. The summed E-state index contributed by atoms with van der Waals surface area (Å²) >= 11 is 0. The number of amides is 2. The fourth-order valence-electron chi connectivity index (χ4n) is 3.34. The van der Waals surface area contributed by atoms with Gasteiger partial charge in [-0.05, 0) is 49.2 Å². The van der Waals surface area contributed by atoms with Gasteiger partial charge in [-0.15, -0.1) is 0 Å². The predicted molar refractivity (Wildman–Crippen MR) is 107 cm³/mol. The summed E-state index contributed by atoms with van der Waals surface area (Å²) in [5.74, 6) is -1.05. The van der Waals surface area contributed by atoms with Crippen molar-refractivity contribution in [3.8, 4) is 0 Å². The van der Waals surface area contributed by atoms with Gasteiger partial charge in [-0.25, -0.2) is 4.79 Å². The third kappa shape index (κ3) is 4.22. The monoisotopic (exact) mass is 380 g/mol. The van der Waals surface area contributed by atoms with E-state index in [1.165, 1.54) is 0 Å². The normalized spacial score (nSPS) is 16.1. The number of nitrogens with zero attached hydrogens (tertiary/aromatic N) is 1. The summed E-state index contributed by atoms with van der Waals surface area (Å²) in [5, 5.41) is 2.83. The number of hydrogen-bond donors (Lipinski definition) is 1. The van der Waals surface area contributed by atoms with Gasteiger partial charge in [-0.2, -0.15) is 0 Å². The Morgan fingerprint density at radius 2 is 1.82 bits per heavy atom. The van der Waals surface area contributed by atoms with E-state index in [1.807, 2.05) is 31.2 Å². The predicted octanol–water partition coefficient (Wildman–Crippen LogP) is 3.42. The number of anilines is 2. The van der Waals surface area contributed by atoms with Crippen LogP contribution in [-0.2, 0) is 20.7 Å². The number of nitrogens with one attached hydrogen (secondary N) is 1. The van der Waals surface area contributed by atoms with Crippen molar-refractivity contribution in [2.24, 2.45) is 5.92 Å². The minimum Gasteiger partial charge on any atom is -0.462 e. The van der Waals surface area contributed by atoms with Gasteiger partial charge in [0.25, 0.3) is 0 Å². The van der Waals surface area contributed by atoms with Crippen LogP contribution in [0.5, 0.6) is 0 Å². The third-order valence-corrected chi connectivity index (χ3v) is 4.82. The quantitative estimate of drug-likeness (QED) is 0.779. The van der Waals surface area contributed by atoms with E-state index in [1.54, 1.807) is 36.1 Å². The van der Waals surface area contributed by atoms with E-state index in [4.69, 9.17) is 4.74 Å². The molecule has 1 aliphatic heterocycles. The lowest BCUT2D eigenvalue weighted by Crippen LogP contribution is -2.28. The molecular formula is C22H24N2O4. The molecule has 6 nitrogen and oxygen atoms in total. The van der Waals surface area contributed by atoms with Crippen LogP contribution in [0.25, 0.3) is 0 Å². The van der Waals surface area contributed by atoms with E-state index in [2.05, 4.69) is 5.32 Å². The average Bonchev–Trinajstić information content (AvgIpc) is 3.10. The Balaban J connectivity index is 1.65. The number of carbonyl (C=O) groups is 3. The molecule has 0 saturated carbocycles. The topological polar surface area (TPSA) is 75.7 Å². The molecule has 2 aromatic carbocycles. The lowest BCUT2D eigenvalue weighted by Gasteiger charge is -2.20. The smallest absolute Gasteiger partial charge is 0.338 e. The Hall–Kier alpha value is -3.15. The maximum atomic E-state index is 12.6. The summed E-state index contributed by atoms with van der Waals surface area (Å²) in [7, 11) is 0. The van der Waals surface area contributed by atoms with Gasteiger partial charge in [0.1, 0.15) is 0 Å². The molecule has 1 unspecified atom stereocenters. The Kier molecular flexibility index (Phi) is 6.09. The van der Waals surface area contributed by atoms with Gasteiger partial charge < -0.3 is 15.0 Å². The van der Waals surface area contributed by atoms with Gasteiger partial charge in [-0.1, -0.05) is 25.1 Å². The van der Waals surface area contributed by atoms with Crippen LogP contribution in [0.15, 0.2) is 48.5 Å². The average molecular weight is 380 g/mol. The van der Waals surface area contributed by atoms with E-state index in [-0.39, 0.29) is 18.2 Å². The van der Waals surface area contributed by atoms with Gasteiger partial charge >= 0.3 is 5.97 Å². The number of para-hydroxylation sites is 1. The van der Waals surface area contributed by atoms with Crippen LogP contribution in [-0.4, -0.2) is 30.9 Å². The second kappa shape index (κ2) is 8.69. The molecule has 0 bridgehead atoms. The number of aryl methyl sites for hydroxylation is 1. The molecule has 0 radical (unpaired) electrons. The van der Waals surface area contributed by atoms with Crippen LogP contribution in [0.2, 0.25) is 0 Å². The minimum atomic E-state index is -0.415. The highest BCUT2D eigenvalue weighted by molar-refractivity contribution is 6.04. The second-order valence-electron chi connectivity index (χ2n) is 6.67. The molecule has 1 N–H and O–H groups in total. The summed E-state index contributed by atoms with van der Waals surface area (Å²) in [6, 6.07) is 14.3. The number of benzene rings is 2. The van der Waals surface area contributed by atoms with Gasteiger partial charge in [0, 0.05) is 24.3 Å². The Bertz CT molecular complexity index is 876. The first-order valence-electron chi connectivity index (χ1n) is 9.49. The van der Waals surface area contributed by atoms with Crippen molar-refractivity contribution >= 4 is 29.2 Å². The van der Waals surface area contributed by atoms with Crippen LogP contribution in [0.1, 0.15) is 36.2 Å². The van der Waals surface area contributed by atoms with Crippen LogP contribution in [0, 0.1) is 5.92 Å². The molecule has 3 rings (SSSR count). The van der Waals surface area contributed by atoms with Gasteiger partial charge in [0.15, 0.2) is 0 Å². The van der Waals surface area contributed by atoms with Crippen molar-refractivity contribution in [1.82, 2.24) is 0 Å². The van der Waals surface area contributed by atoms with Crippen molar-refractivity contribution in [3.63, 3.8) is 0 Å². The molecule has 1 fully saturated rings. The molecule has 2 amide bonds. The first kappa shape index (κ1) is 19.6. The zero-order valence-electron chi connectivity index (χ0n) is 16.1. The molecule has 1 aliphatic rings. The van der Waals surface area contributed by atoms with Crippen molar-refractivity contribution in [1.29, 1.82) is 0 Å². The van der Waals surface area contributed by atoms with Crippen LogP contribution >= 0.6 is 0 Å². The number of hydrogen-bond acceptors (Lipinski definition) is 4. The van der Waals surface area contributed by atoms with Gasteiger partial charge in [0.05, 0.1) is 18.1 Å². The molecule has 2 aromatic rings. The minimum absolute atomic E-state index is 0.0429. The highest BCUT2D eigenvalue weighted by Crippen LogP contribution is 2.29. The zero-order chi connectivity index (χ0) is 20.1. The third-order valence-electron chi connectivity index (χ3n) is 4.82. The highest BCUT2D eigenvalue weighted by Gasteiger charge is 2.35. The largest absolute Gasteiger partial charge is 0.462 e. The molecule has 6 heteroatoms. The van der Waals surface area contributed by atoms with Crippen molar-refractivity contribution in [2.45, 2.75) is 26.7 Å².